The minimum absolute atomic E-state index is 0.0224. The highest BCUT2D eigenvalue weighted by Gasteiger charge is 2.12. The van der Waals surface area contributed by atoms with Crippen molar-refractivity contribution < 1.29 is 24.1 Å². The van der Waals surface area contributed by atoms with Gasteiger partial charge in [-0.05, 0) is 59.5 Å². The number of esters is 1. The number of ether oxygens (including phenoxy) is 3. The zero-order chi connectivity index (χ0) is 23.5. The van der Waals surface area contributed by atoms with E-state index in [2.05, 4.69) is 31.2 Å². The number of rotatable bonds is 12. The van der Waals surface area contributed by atoms with Crippen LogP contribution < -0.4 is 9.47 Å². The molecule has 0 unspecified atom stereocenters. The molecular formula is C27H29NO5. The van der Waals surface area contributed by atoms with E-state index in [9.17, 15) is 4.79 Å². The first-order chi connectivity index (χ1) is 16.1. The Bertz CT molecular complexity index is 1050. The van der Waals surface area contributed by atoms with Crippen LogP contribution in [0.15, 0.2) is 66.7 Å². The van der Waals surface area contributed by atoms with E-state index in [4.69, 9.17) is 24.7 Å². The molecule has 6 nitrogen and oxygen atoms in total. The van der Waals surface area contributed by atoms with Gasteiger partial charge in [-0.15, -0.1) is 0 Å². The summed E-state index contributed by atoms with van der Waals surface area (Å²) in [6.07, 6.45) is 3.34. The summed E-state index contributed by atoms with van der Waals surface area (Å²) in [5.74, 6) is 0.434. The van der Waals surface area contributed by atoms with E-state index in [1.807, 2.05) is 12.1 Å². The fourth-order valence-corrected chi connectivity index (χ4v) is 3.32. The van der Waals surface area contributed by atoms with E-state index in [0.717, 1.165) is 24.0 Å². The van der Waals surface area contributed by atoms with Crippen LogP contribution in [0.25, 0.3) is 11.1 Å². The van der Waals surface area contributed by atoms with Gasteiger partial charge in [-0.3, -0.25) is 0 Å². The molecule has 2 N–H and O–H groups in total. The van der Waals surface area contributed by atoms with Crippen LogP contribution in [0.4, 0.5) is 0 Å². The molecule has 3 aromatic rings. The standard InChI is InChI=1S/C27H29NO5/c1-2-3-20-4-6-21(7-5-20)23-10-13-26(24(18-23)19-28)33-27(30)22-8-11-25(12-9-22)32-17-16-31-15-14-29/h4-13,18-19,28-29H,2-3,14-17H2,1H3. The second-order valence-corrected chi connectivity index (χ2v) is 7.44. The van der Waals surface area contributed by atoms with E-state index < -0.39 is 5.97 Å². The van der Waals surface area contributed by atoms with E-state index in [0.29, 0.717) is 35.8 Å². The van der Waals surface area contributed by atoms with Crippen molar-refractivity contribution in [2.45, 2.75) is 19.8 Å². The maximum absolute atomic E-state index is 12.6. The van der Waals surface area contributed by atoms with Crippen LogP contribution in [-0.4, -0.2) is 43.7 Å². The fourth-order valence-electron chi connectivity index (χ4n) is 3.32. The number of aliphatic hydroxyl groups excluding tert-OH is 1. The van der Waals surface area contributed by atoms with E-state index in [1.54, 1.807) is 30.3 Å². The largest absolute Gasteiger partial charge is 0.491 e. The maximum atomic E-state index is 12.6. The highest BCUT2D eigenvalue weighted by atomic mass is 16.5. The first kappa shape index (κ1) is 24.2. The van der Waals surface area contributed by atoms with Crippen LogP contribution in [0.5, 0.6) is 11.5 Å². The number of hydrogen-bond donors (Lipinski definition) is 2. The number of hydrogen-bond acceptors (Lipinski definition) is 6. The van der Waals surface area contributed by atoms with E-state index in [-0.39, 0.29) is 13.2 Å². The molecule has 0 aliphatic carbocycles. The molecule has 33 heavy (non-hydrogen) atoms. The number of nitrogens with one attached hydrogen (secondary N) is 1. The van der Waals surface area contributed by atoms with Crippen LogP contribution in [0, 0.1) is 5.41 Å². The van der Waals surface area contributed by atoms with Crippen LogP contribution in [0.3, 0.4) is 0 Å². The second-order valence-electron chi connectivity index (χ2n) is 7.44. The van der Waals surface area contributed by atoms with Gasteiger partial charge in [0.25, 0.3) is 0 Å². The summed E-state index contributed by atoms with van der Waals surface area (Å²) < 4.78 is 16.2. The fraction of sp³-hybridized carbons (Fsp3) is 0.259. The third-order valence-corrected chi connectivity index (χ3v) is 5.02. The first-order valence-electron chi connectivity index (χ1n) is 11.0. The summed E-state index contributed by atoms with van der Waals surface area (Å²) in [6.45, 7) is 3.13. The van der Waals surface area contributed by atoms with Crippen molar-refractivity contribution in [3.63, 3.8) is 0 Å². The molecule has 0 aliphatic rings. The van der Waals surface area contributed by atoms with Gasteiger partial charge in [0, 0.05) is 11.8 Å². The Kier molecular flexibility index (Phi) is 9.18. The Hall–Kier alpha value is -3.48. The molecule has 0 fully saturated rings. The van der Waals surface area contributed by atoms with Crippen molar-refractivity contribution in [3.05, 3.63) is 83.4 Å². The summed E-state index contributed by atoms with van der Waals surface area (Å²) in [5, 5.41) is 16.4. The average Bonchev–Trinajstić information content (AvgIpc) is 2.85. The van der Waals surface area contributed by atoms with Gasteiger partial charge in [0.05, 0.1) is 25.4 Å². The van der Waals surface area contributed by atoms with Crippen molar-refractivity contribution in [2.75, 3.05) is 26.4 Å². The lowest BCUT2D eigenvalue weighted by atomic mass is 10.0. The second kappa shape index (κ2) is 12.5. The molecule has 0 aliphatic heterocycles. The van der Waals surface area contributed by atoms with Crippen molar-refractivity contribution in [2.24, 2.45) is 0 Å². The van der Waals surface area contributed by atoms with Gasteiger partial charge < -0.3 is 24.7 Å². The first-order valence-corrected chi connectivity index (χ1v) is 11.0. The summed E-state index contributed by atoms with van der Waals surface area (Å²) in [5.41, 5.74) is 4.21. The van der Waals surface area contributed by atoms with Gasteiger partial charge >= 0.3 is 5.97 Å². The van der Waals surface area contributed by atoms with Gasteiger partial charge in [-0.25, -0.2) is 4.79 Å². The molecule has 172 valence electrons. The lowest BCUT2D eigenvalue weighted by molar-refractivity contribution is 0.0704. The monoisotopic (exact) mass is 447 g/mol. The van der Waals surface area contributed by atoms with Crippen LogP contribution in [-0.2, 0) is 11.2 Å². The Morgan fingerprint density at radius 3 is 2.33 bits per heavy atom. The normalized spacial score (nSPS) is 10.6. The van der Waals surface area contributed by atoms with Crippen molar-refractivity contribution in [3.8, 4) is 22.6 Å². The predicted octanol–water partition coefficient (Wildman–Crippen LogP) is 4.91. The summed E-state index contributed by atoms with van der Waals surface area (Å²) in [4.78, 5) is 12.6. The minimum atomic E-state index is -0.507. The molecule has 0 saturated heterocycles. The molecule has 0 amide bonds. The van der Waals surface area contributed by atoms with Gasteiger partial charge in [-0.2, -0.15) is 0 Å². The lowest BCUT2D eigenvalue weighted by Crippen LogP contribution is -2.11. The highest BCUT2D eigenvalue weighted by molar-refractivity contribution is 5.93. The molecule has 3 aromatic carbocycles. The lowest BCUT2D eigenvalue weighted by Gasteiger charge is -2.11. The SMILES string of the molecule is CCCc1ccc(-c2ccc(OC(=O)c3ccc(OCCOCCO)cc3)c(C=N)c2)cc1. The summed E-state index contributed by atoms with van der Waals surface area (Å²) in [7, 11) is 0. The minimum Gasteiger partial charge on any atom is -0.491 e. The van der Waals surface area contributed by atoms with Crippen molar-refractivity contribution in [1.29, 1.82) is 5.41 Å². The molecule has 0 radical (unpaired) electrons. The van der Waals surface area contributed by atoms with Gasteiger partial charge in [-0.1, -0.05) is 43.7 Å². The molecule has 0 bridgehead atoms. The zero-order valence-electron chi connectivity index (χ0n) is 18.8. The van der Waals surface area contributed by atoms with E-state index >= 15 is 0 Å². The number of carbonyl (C=O) groups excluding carboxylic acids is 1. The maximum Gasteiger partial charge on any atom is 0.343 e. The molecule has 0 saturated carbocycles. The number of aliphatic hydroxyl groups is 1. The Morgan fingerprint density at radius 1 is 0.939 bits per heavy atom. The average molecular weight is 448 g/mol. The van der Waals surface area contributed by atoms with Crippen molar-refractivity contribution >= 4 is 12.2 Å². The van der Waals surface area contributed by atoms with Crippen LogP contribution >= 0.6 is 0 Å². The quantitative estimate of drug-likeness (QED) is 0.178. The van der Waals surface area contributed by atoms with Gasteiger partial charge in [0.2, 0.25) is 0 Å². The van der Waals surface area contributed by atoms with Gasteiger partial charge in [0.1, 0.15) is 18.1 Å². The van der Waals surface area contributed by atoms with Crippen LogP contribution in [0.2, 0.25) is 0 Å². The van der Waals surface area contributed by atoms with Gasteiger partial charge in [0.15, 0.2) is 0 Å². The Labute approximate surface area is 194 Å². The predicted molar refractivity (Wildman–Crippen MR) is 129 cm³/mol. The van der Waals surface area contributed by atoms with E-state index in [1.165, 1.54) is 11.8 Å². The number of carbonyl (C=O) groups is 1. The molecule has 0 aromatic heterocycles. The zero-order valence-corrected chi connectivity index (χ0v) is 18.8. The third kappa shape index (κ3) is 7.00. The Morgan fingerprint density at radius 2 is 1.67 bits per heavy atom. The van der Waals surface area contributed by atoms with Crippen LogP contribution in [0.1, 0.15) is 34.8 Å². The summed E-state index contributed by atoms with van der Waals surface area (Å²) in [6, 6.07) is 20.5. The Balaban J connectivity index is 1.63. The summed E-state index contributed by atoms with van der Waals surface area (Å²) >= 11 is 0. The molecular weight excluding hydrogens is 418 g/mol. The highest BCUT2D eigenvalue weighted by Crippen LogP contribution is 2.27. The topological polar surface area (TPSA) is 88.8 Å². The molecule has 0 atom stereocenters. The number of aryl methyl sites for hydroxylation is 1. The third-order valence-electron chi connectivity index (χ3n) is 5.02. The molecule has 6 heteroatoms. The van der Waals surface area contributed by atoms with Crippen molar-refractivity contribution in [1.82, 2.24) is 0 Å². The molecule has 0 spiro atoms. The molecule has 3 rings (SSSR count). The smallest absolute Gasteiger partial charge is 0.343 e. The number of benzene rings is 3. The molecule has 0 heterocycles.